The van der Waals surface area contributed by atoms with Crippen molar-refractivity contribution in [2.24, 2.45) is 0 Å². The molecule has 0 saturated heterocycles. The lowest BCUT2D eigenvalue weighted by atomic mass is 10.4. The van der Waals surface area contributed by atoms with Gasteiger partial charge in [0, 0.05) is 17.2 Å². The van der Waals surface area contributed by atoms with Gasteiger partial charge in [0.1, 0.15) is 0 Å². The van der Waals surface area contributed by atoms with Crippen LogP contribution in [0, 0.1) is 0 Å². The zero-order valence-corrected chi connectivity index (χ0v) is 9.76. The molecule has 0 radical (unpaired) electrons. The average molecular weight is 278 g/mol. The minimum absolute atomic E-state index is 0.372. The molecule has 1 N–H and O–H groups in total. The van der Waals surface area contributed by atoms with Crippen LogP contribution in [0.4, 0.5) is 11.5 Å². The minimum atomic E-state index is -3.41. The second kappa shape index (κ2) is 3.09. The number of nitrogens with zero attached hydrogens (tertiary/aromatic N) is 2. The molecule has 1 aromatic rings. The molecule has 0 spiro atoms. The summed E-state index contributed by atoms with van der Waals surface area (Å²) in [5, 5.41) is 0. The van der Waals surface area contributed by atoms with Gasteiger partial charge in [-0.2, -0.15) is 8.42 Å². The molecule has 0 fully saturated rings. The highest BCUT2D eigenvalue weighted by molar-refractivity contribution is 9.10. The third-order valence-corrected chi connectivity index (χ3v) is 3.81. The van der Waals surface area contributed by atoms with E-state index in [2.05, 4.69) is 25.6 Å². The number of rotatable bonds is 1. The van der Waals surface area contributed by atoms with Gasteiger partial charge in [-0.3, -0.25) is 4.72 Å². The van der Waals surface area contributed by atoms with Crippen molar-refractivity contribution in [3.05, 3.63) is 16.7 Å². The molecule has 1 aromatic heterocycles. The molecule has 1 aliphatic heterocycles. The lowest BCUT2D eigenvalue weighted by Gasteiger charge is -2.11. The summed E-state index contributed by atoms with van der Waals surface area (Å²) < 4.78 is 27.4. The molecule has 0 saturated carbocycles. The van der Waals surface area contributed by atoms with Crippen LogP contribution in [-0.4, -0.2) is 19.9 Å². The second-order valence-corrected chi connectivity index (χ2v) is 5.31. The molecule has 14 heavy (non-hydrogen) atoms. The molecule has 5 nitrogen and oxygen atoms in total. The maximum Gasteiger partial charge on any atom is 0.325 e. The highest BCUT2D eigenvalue weighted by atomic mass is 79.9. The fourth-order valence-electron chi connectivity index (χ4n) is 1.33. The van der Waals surface area contributed by atoms with E-state index in [1.165, 1.54) is 4.31 Å². The minimum Gasteiger partial charge on any atom is -0.263 e. The quantitative estimate of drug-likeness (QED) is 0.843. The van der Waals surface area contributed by atoms with Gasteiger partial charge < -0.3 is 0 Å². The number of anilines is 2. The van der Waals surface area contributed by atoms with E-state index in [0.717, 1.165) is 4.47 Å². The second-order valence-electron chi connectivity index (χ2n) is 2.80. The topological polar surface area (TPSA) is 62.3 Å². The third-order valence-electron chi connectivity index (χ3n) is 1.89. The number of nitrogens with one attached hydrogen (secondary N) is 1. The predicted molar refractivity (Wildman–Crippen MR) is 57.5 cm³/mol. The molecule has 0 bridgehead atoms. The van der Waals surface area contributed by atoms with Crippen molar-refractivity contribution >= 4 is 37.6 Å². The van der Waals surface area contributed by atoms with Gasteiger partial charge in [-0.25, -0.2) is 9.29 Å². The molecule has 2 heterocycles. The number of aromatic nitrogens is 1. The summed E-state index contributed by atoms with van der Waals surface area (Å²) in [7, 11) is -3.41. The highest BCUT2D eigenvalue weighted by Gasteiger charge is 2.32. The van der Waals surface area contributed by atoms with Crippen LogP contribution in [0.3, 0.4) is 0 Å². The number of halogens is 1. The first kappa shape index (κ1) is 9.72. The first-order valence-corrected chi connectivity index (χ1v) is 6.24. The van der Waals surface area contributed by atoms with Crippen molar-refractivity contribution < 1.29 is 8.42 Å². The Balaban J connectivity index is 2.59. The Bertz CT molecular complexity index is 474. The predicted octanol–water partition coefficient (Wildman–Crippen LogP) is 1.34. The molecule has 1 aliphatic rings. The number of hydrogen-bond acceptors (Lipinski definition) is 3. The van der Waals surface area contributed by atoms with Crippen LogP contribution in [-0.2, 0) is 10.2 Å². The van der Waals surface area contributed by atoms with Gasteiger partial charge in [-0.15, -0.1) is 0 Å². The van der Waals surface area contributed by atoms with E-state index in [1.54, 1.807) is 19.2 Å². The van der Waals surface area contributed by atoms with E-state index < -0.39 is 10.2 Å². The molecule has 0 atom stereocenters. The largest absolute Gasteiger partial charge is 0.325 e. The van der Waals surface area contributed by atoms with Crippen LogP contribution < -0.4 is 9.03 Å². The maximum absolute atomic E-state index is 11.5. The van der Waals surface area contributed by atoms with Crippen LogP contribution in [0.25, 0.3) is 0 Å². The molecular weight excluding hydrogens is 270 g/mol. The zero-order valence-electron chi connectivity index (χ0n) is 7.36. The van der Waals surface area contributed by atoms with Crippen molar-refractivity contribution in [2.75, 3.05) is 15.6 Å². The average Bonchev–Trinajstić information content (AvgIpc) is 2.33. The molecule has 7 heteroatoms. The van der Waals surface area contributed by atoms with Gasteiger partial charge in [0.2, 0.25) is 0 Å². The first-order valence-electron chi connectivity index (χ1n) is 4.00. The Morgan fingerprint density at radius 3 is 3.00 bits per heavy atom. The van der Waals surface area contributed by atoms with Crippen molar-refractivity contribution in [1.82, 2.24) is 4.98 Å². The van der Waals surface area contributed by atoms with E-state index in [0.29, 0.717) is 18.1 Å². The van der Waals surface area contributed by atoms with Gasteiger partial charge in [-0.05, 0) is 28.9 Å². The molecule has 2 rings (SSSR count). The van der Waals surface area contributed by atoms with E-state index in [-0.39, 0.29) is 0 Å². The van der Waals surface area contributed by atoms with E-state index in [1.807, 2.05) is 0 Å². The molecule has 0 amide bonds. The summed E-state index contributed by atoms with van der Waals surface area (Å²) in [6.45, 7) is 2.13. The number of pyridine rings is 1. The highest BCUT2D eigenvalue weighted by Crippen LogP contribution is 2.34. The molecule has 0 unspecified atom stereocenters. The fourth-order valence-corrected chi connectivity index (χ4v) is 2.92. The summed E-state index contributed by atoms with van der Waals surface area (Å²) in [5.41, 5.74) is 0.515. The first-order chi connectivity index (χ1) is 6.54. The third kappa shape index (κ3) is 1.36. The van der Waals surface area contributed by atoms with Gasteiger partial charge >= 0.3 is 10.2 Å². The number of fused-ring (bicyclic) bond motifs is 1. The Labute approximate surface area is 90.4 Å². The normalized spacial score (nSPS) is 17.7. The zero-order chi connectivity index (χ0) is 10.3. The maximum atomic E-state index is 11.5. The Hall–Kier alpha value is -0.820. The van der Waals surface area contributed by atoms with Crippen molar-refractivity contribution in [2.45, 2.75) is 6.92 Å². The monoisotopic (exact) mass is 277 g/mol. The standard InChI is InChI=1S/C7H8BrN3O2S/c1-2-11-7-6(10-14(11,12)13)3-5(8)4-9-7/h3-4,10H,2H2,1H3. The molecular formula is C7H8BrN3O2S. The van der Waals surface area contributed by atoms with E-state index >= 15 is 0 Å². The van der Waals surface area contributed by atoms with Crippen molar-refractivity contribution in [1.29, 1.82) is 0 Å². The molecule has 0 aliphatic carbocycles. The van der Waals surface area contributed by atoms with Gasteiger partial charge in [0.25, 0.3) is 0 Å². The Kier molecular flexibility index (Phi) is 2.15. The van der Waals surface area contributed by atoms with Crippen LogP contribution in [0.5, 0.6) is 0 Å². The van der Waals surface area contributed by atoms with Crippen molar-refractivity contribution in [3.63, 3.8) is 0 Å². The lowest BCUT2D eigenvalue weighted by molar-refractivity contribution is 0.599. The summed E-state index contributed by atoms with van der Waals surface area (Å²) in [6, 6.07) is 1.69. The number of hydrogen-bond donors (Lipinski definition) is 1. The molecule has 76 valence electrons. The van der Waals surface area contributed by atoms with E-state index in [9.17, 15) is 8.42 Å². The fraction of sp³-hybridized carbons (Fsp3) is 0.286. The van der Waals surface area contributed by atoms with Gasteiger partial charge in [0.15, 0.2) is 5.82 Å². The van der Waals surface area contributed by atoms with Crippen molar-refractivity contribution in [3.8, 4) is 0 Å². The Morgan fingerprint density at radius 1 is 1.64 bits per heavy atom. The van der Waals surface area contributed by atoms with Crippen LogP contribution in [0.15, 0.2) is 16.7 Å². The molecule has 0 aromatic carbocycles. The van der Waals surface area contributed by atoms with Gasteiger partial charge in [-0.1, -0.05) is 0 Å². The van der Waals surface area contributed by atoms with Crippen LogP contribution >= 0.6 is 15.9 Å². The Morgan fingerprint density at radius 2 is 2.36 bits per heavy atom. The van der Waals surface area contributed by atoms with Gasteiger partial charge in [0.05, 0.1) is 5.69 Å². The SMILES string of the molecule is CCN1c2ncc(Br)cc2NS1(=O)=O. The summed E-state index contributed by atoms with van der Waals surface area (Å²) in [4.78, 5) is 4.04. The summed E-state index contributed by atoms with van der Waals surface area (Å²) in [6.07, 6.45) is 1.57. The lowest BCUT2D eigenvalue weighted by Crippen LogP contribution is -2.29. The van der Waals surface area contributed by atoms with E-state index in [4.69, 9.17) is 0 Å². The van der Waals surface area contributed by atoms with Crippen LogP contribution in [0.1, 0.15) is 6.92 Å². The summed E-state index contributed by atoms with van der Waals surface area (Å²) >= 11 is 3.23. The smallest absolute Gasteiger partial charge is 0.263 e. The summed E-state index contributed by atoms with van der Waals surface area (Å²) in [5.74, 6) is 0.454. The van der Waals surface area contributed by atoms with Crippen LogP contribution in [0.2, 0.25) is 0 Å².